The number of rotatable bonds is 11. The monoisotopic (exact) mass is 461 g/mol. The Kier molecular flexibility index (Phi) is 10.9. The average molecular weight is 462 g/mol. The number of benzene rings is 1. The van der Waals surface area contributed by atoms with Crippen molar-refractivity contribution in [3.8, 4) is 5.75 Å². The van der Waals surface area contributed by atoms with Crippen molar-refractivity contribution in [3.63, 3.8) is 0 Å². The molecule has 1 aromatic carbocycles. The fourth-order valence-corrected chi connectivity index (χ4v) is 3.24. The third kappa shape index (κ3) is 8.79. The van der Waals surface area contributed by atoms with Crippen LogP contribution in [0.5, 0.6) is 5.75 Å². The molecule has 0 aliphatic heterocycles. The first kappa shape index (κ1) is 28.0. The van der Waals surface area contributed by atoms with Crippen LogP contribution in [0.15, 0.2) is 36.9 Å². The molecule has 1 aromatic rings. The van der Waals surface area contributed by atoms with Gasteiger partial charge in [-0.1, -0.05) is 51.5 Å². The van der Waals surface area contributed by atoms with Gasteiger partial charge in [-0.25, -0.2) is 4.79 Å². The number of nitrogens with zero attached hydrogens (tertiary/aromatic N) is 1. The van der Waals surface area contributed by atoms with E-state index in [1.807, 2.05) is 6.92 Å². The number of phenols is 1. The second-order valence-corrected chi connectivity index (χ2v) is 9.25. The van der Waals surface area contributed by atoms with Gasteiger partial charge >= 0.3 is 6.09 Å². The van der Waals surface area contributed by atoms with Crippen LogP contribution in [0.25, 0.3) is 0 Å². The summed E-state index contributed by atoms with van der Waals surface area (Å²) in [5, 5.41) is 16.0. The van der Waals surface area contributed by atoms with Crippen LogP contribution in [-0.4, -0.2) is 52.6 Å². The first-order chi connectivity index (χ1) is 15.4. The van der Waals surface area contributed by atoms with Gasteiger partial charge in [0.25, 0.3) is 0 Å². The number of hydrogen-bond donors (Lipinski definition) is 3. The first-order valence-corrected chi connectivity index (χ1v) is 11.4. The summed E-state index contributed by atoms with van der Waals surface area (Å²) in [5.41, 5.74) is -0.436. The summed E-state index contributed by atoms with van der Waals surface area (Å²) < 4.78 is 5.33. The predicted molar refractivity (Wildman–Crippen MR) is 129 cm³/mol. The van der Waals surface area contributed by atoms with Gasteiger partial charge < -0.3 is 25.4 Å². The molecule has 184 valence electrons. The Balaban J connectivity index is 3.37. The molecule has 0 aliphatic carbocycles. The molecular formula is C25H39N3O5. The zero-order valence-corrected chi connectivity index (χ0v) is 20.7. The Bertz CT molecular complexity index is 817. The Labute approximate surface area is 197 Å². The van der Waals surface area contributed by atoms with E-state index >= 15 is 0 Å². The van der Waals surface area contributed by atoms with Crippen LogP contribution in [0.4, 0.5) is 4.79 Å². The Morgan fingerprint density at radius 2 is 1.85 bits per heavy atom. The third-order valence-corrected chi connectivity index (χ3v) is 4.83. The van der Waals surface area contributed by atoms with E-state index in [4.69, 9.17) is 4.74 Å². The number of carbonyl (C=O) groups is 3. The number of para-hydroxylation sites is 1. The van der Waals surface area contributed by atoms with Gasteiger partial charge in [0.05, 0.1) is 0 Å². The highest BCUT2D eigenvalue weighted by molar-refractivity contribution is 5.92. The van der Waals surface area contributed by atoms with Crippen molar-refractivity contribution >= 4 is 17.9 Å². The molecule has 0 fully saturated rings. The summed E-state index contributed by atoms with van der Waals surface area (Å²) in [6.07, 6.45) is 2.46. The number of carbonyl (C=O) groups excluding carboxylic acids is 3. The molecule has 0 aromatic heterocycles. The van der Waals surface area contributed by atoms with Gasteiger partial charge in [-0.2, -0.15) is 0 Å². The van der Waals surface area contributed by atoms with Crippen molar-refractivity contribution in [3.05, 3.63) is 42.5 Å². The zero-order valence-electron chi connectivity index (χ0n) is 20.7. The van der Waals surface area contributed by atoms with E-state index in [0.717, 1.165) is 12.8 Å². The van der Waals surface area contributed by atoms with Crippen molar-refractivity contribution in [2.45, 2.75) is 72.1 Å². The molecule has 0 heterocycles. The lowest BCUT2D eigenvalue weighted by Gasteiger charge is -2.35. The second kappa shape index (κ2) is 12.9. The van der Waals surface area contributed by atoms with E-state index in [-0.39, 0.29) is 18.2 Å². The van der Waals surface area contributed by atoms with Crippen molar-refractivity contribution in [1.82, 2.24) is 15.5 Å². The van der Waals surface area contributed by atoms with E-state index in [1.165, 1.54) is 17.0 Å². The van der Waals surface area contributed by atoms with Crippen LogP contribution < -0.4 is 10.6 Å². The minimum Gasteiger partial charge on any atom is -0.508 e. The van der Waals surface area contributed by atoms with Crippen molar-refractivity contribution < 1.29 is 24.2 Å². The quantitative estimate of drug-likeness (QED) is 0.342. The Morgan fingerprint density at radius 3 is 2.36 bits per heavy atom. The summed E-state index contributed by atoms with van der Waals surface area (Å²) >= 11 is 0. The van der Waals surface area contributed by atoms with Crippen molar-refractivity contribution in [1.29, 1.82) is 0 Å². The number of phenolic OH excluding ortho intramolecular Hbond substituents is 1. The SMILES string of the molecule is C=CCN(C(=O)C(NC(=O)OC(C)(C)C)C(C)C)C(C(=O)NCCCC)c1ccccc1O. The van der Waals surface area contributed by atoms with Gasteiger partial charge in [-0.3, -0.25) is 9.59 Å². The third-order valence-electron chi connectivity index (χ3n) is 4.83. The van der Waals surface area contributed by atoms with E-state index in [1.54, 1.807) is 52.8 Å². The van der Waals surface area contributed by atoms with Gasteiger partial charge in [0, 0.05) is 18.7 Å². The van der Waals surface area contributed by atoms with E-state index in [0.29, 0.717) is 12.1 Å². The molecule has 2 atom stereocenters. The molecule has 8 heteroatoms. The summed E-state index contributed by atoms with van der Waals surface area (Å²) in [6, 6.07) is 4.36. The van der Waals surface area contributed by atoms with E-state index in [9.17, 15) is 19.5 Å². The van der Waals surface area contributed by atoms with Gasteiger partial charge in [0.1, 0.15) is 23.4 Å². The summed E-state index contributed by atoms with van der Waals surface area (Å²) in [5.74, 6) is -1.28. The molecule has 0 aliphatic rings. The Morgan fingerprint density at radius 1 is 1.21 bits per heavy atom. The average Bonchev–Trinajstić information content (AvgIpc) is 2.71. The van der Waals surface area contributed by atoms with Crippen LogP contribution >= 0.6 is 0 Å². The van der Waals surface area contributed by atoms with Gasteiger partial charge in [0.15, 0.2) is 0 Å². The second-order valence-electron chi connectivity index (χ2n) is 9.25. The van der Waals surface area contributed by atoms with Gasteiger partial charge in [-0.15, -0.1) is 6.58 Å². The Hall–Kier alpha value is -3.03. The maximum atomic E-state index is 13.7. The first-order valence-electron chi connectivity index (χ1n) is 11.4. The molecule has 0 radical (unpaired) electrons. The number of amides is 3. The zero-order chi connectivity index (χ0) is 25.2. The minimum absolute atomic E-state index is 0.0399. The molecule has 0 saturated carbocycles. The minimum atomic E-state index is -1.10. The number of unbranched alkanes of at least 4 members (excludes halogenated alkanes) is 1. The molecule has 33 heavy (non-hydrogen) atoms. The normalized spacial score (nSPS) is 13.1. The van der Waals surface area contributed by atoms with Crippen molar-refractivity contribution in [2.24, 2.45) is 5.92 Å². The van der Waals surface area contributed by atoms with Crippen LogP contribution in [0, 0.1) is 5.92 Å². The molecular weight excluding hydrogens is 422 g/mol. The molecule has 3 amide bonds. The molecule has 0 bridgehead atoms. The molecule has 3 N–H and O–H groups in total. The topological polar surface area (TPSA) is 108 Å². The molecule has 0 saturated heterocycles. The highest BCUT2D eigenvalue weighted by Crippen LogP contribution is 2.30. The summed E-state index contributed by atoms with van der Waals surface area (Å²) in [4.78, 5) is 40.7. The number of hydrogen-bond acceptors (Lipinski definition) is 5. The highest BCUT2D eigenvalue weighted by atomic mass is 16.6. The number of aromatic hydroxyl groups is 1. The van der Waals surface area contributed by atoms with Crippen molar-refractivity contribution in [2.75, 3.05) is 13.1 Å². The lowest BCUT2D eigenvalue weighted by atomic mass is 9.98. The maximum absolute atomic E-state index is 13.7. The molecule has 1 rings (SSSR count). The van der Waals surface area contributed by atoms with Crippen LogP contribution in [0.3, 0.4) is 0 Å². The predicted octanol–water partition coefficient (Wildman–Crippen LogP) is 3.91. The molecule has 2 unspecified atom stereocenters. The lowest BCUT2D eigenvalue weighted by Crippen LogP contribution is -2.55. The largest absolute Gasteiger partial charge is 0.508 e. The summed E-state index contributed by atoms with van der Waals surface area (Å²) in [6.45, 7) is 15.0. The number of nitrogens with one attached hydrogen (secondary N) is 2. The highest BCUT2D eigenvalue weighted by Gasteiger charge is 2.37. The number of ether oxygens (including phenoxy) is 1. The number of alkyl carbamates (subject to hydrolysis) is 1. The van der Waals surface area contributed by atoms with Crippen LogP contribution in [0.1, 0.15) is 66.0 Å². The molecule has 8 nitrogen and oxygen atoms in total. The van der Waals surface area contributed by atoms with Crippen LogP contribution in [0.2, 0.25) is 0 Å². The lowest BCUT2D eigenvalue weighted by molar-refractivity contribution is -0.142. The standard InChI is InChI=1S/C25H39N3O5/c1-8-10-15-26-22(30)21(18-13-11-12-14-19(18)29)28(16-9-2)23(31)20(17(3)4)27-24(32)33-25(5,6)7/h9,11-14,17,20-21,29H,2,8,10,15-16H2,1,3-7H3,(H,26,30)(H,27,32). The van der Waals surface area contributed by atoms with Gasteiger partial charge in [-0.05, 0) is 39.2 Å². The van der Waals surface area contributed by atoms with E-state index < -0.39 is 35.6 Å². The van der Waals surface area contributed by atoms with Gasteiger partial charge in [0.2, 0.25) is 11.8 Å². The van der Waals surface area contributed by atoms with E-state index in [2.05, 4.69) is 17.2 Å². The smallest absolute Gasteiger partial charge is 0.408 e. The summed E-state index contributed by atoms with van der Waals surface area (Å²) in [7, 11) is 0. The maximum Gasteiger partial charge on any atom is 0.408 e. The fraction of sp³-hybridized carbons (Fsp3) is 0.560. The fourth-order valence-electron chi connectivity index (χ4n) is 3.24. The molecule has 0 spiro atoms. The van der Waals surface area contributed by atoms with Crippen LogP contribution in [-0.2, 0) is 14.3 Å².